The minimum Gasteiger partial charge on any atom is -0.393 e. The molecule has 0 saturated carbocycles. The van der Waals surface area contributed by atoms with Crippen molar-refractivity contribution in [2.24, 2.45) is 0 Å². The zero-order valence-corrected chi connectivity index (χ0v) is 5.43. The van der Waals surface area contributed by atoms with Crippen molar-refractivity contribution in [3.63, 3.8) is 0 Å². The minimum atomic E-state index is -0.118. The molecule has 0 radical (unpaired) electrons. The number of allylic oxidation sites excluding steroid dienone is 1. The molecule has 0 heterocycles. The normalized spacial score (nSPS) is 13.2. The topological polar surface area (TPSA) is 20.2 Å². The van der Waals surface area contributed by atoms with E-state index in [-0.39, 0.29) is 6.10 Å². The van der Waals surface area contributed by atoms with Gasteiger partial charge in [-0.1, -0.05) is 13.0 Å². The number of aliphatic hydroxyl groups excluding tert-OH is 1. The van der Waals surface area contributed by atoms with E-state index < -0.39 is 0 Å². The van der Waals surface area contributed by atoms with E-state index in [1.165, 1.54) is 0 Å². The van der Waals surface area contributed by atoms with Crippen molar-refractivity contribution >= 4 is 0 Å². The third-order valence-corrected chi connectivity index (χ3v) is 1.18. The van der Waals surface area contributed by atoms with Crippen LogP contribution in [0.4, 0.5) is 0 Å². The van der Waals surface area contributed by atoms with Crippen molar-refractivity contribution in [2.45, 2.75) is 32.3 Å². The summed E-state index contributed by atoms with van der Waals surface area (Å²) in [5.41, 5.74) is 0. The van der Waals surface area contributed by atoms with Crippen LogP contribution < -0.4 is 0 Å². The monoisotopic (exact) mass is 114 g/mol. The highest BCUT2D eigenvalue weighted by atomic mass is 16.3. The first-order valence-corrected chi connectivity index (χ1v) is 3.10. The summed E-state index contributed by atoms with van der Waals surface area (Å²) in [6, 6.07) is 0. The molecule has 8 heavy (non-hydrogen) atoms. The Kier molecular flexibility index (Phi) is 4.67. The summed E-state index contributed by atoms with van der Waals surface area (Å²) < 4.78 is 0. The number of rotatable bonds is 4. The standard InChI is InChI=1S/C7H14O/c1-3-5-6-7(8)4-2/h3,7-8H,1,4-6H2,2H3/t7-/m1/s1. The van der Waals surface area contributed by atoms with Crippen molar-refractivity contribution in [2.75, 3.05) is 0 Å². The van der Waals surface area contributed by atoms with Gasteiger partial charge in [-0.05, 0) is 19.3 Å². The lowest BCUT2D eigenvalue weighted by Crippen LogP contribution is -2.02. The molecule has 0 aromatic rings. The van der Waals surface area contributed by atoms with E-state index in [4.69, 9.17) is 5.11 Å². The van der Waals surface area contributed by atoms with Gasteiger partial charge in [-0.25, -0.2) is 0 Å². The molecule has 0 aromatic carbocycles. The molecule has 1 nitrogen and oxygen atoms in total. The van der Waals surface area contributed by atoms with Crippen LogP contribution in [0.5, 0.6) is 0 Å². The van der Waals surface area contributed by atoms with Gasteiger partial charge in [0.2, 0.25) is 0 Å². The van der Waals surface area contributed by atoms with Crippen molar-refractivity contribution < 1.29 is 5.11 Å². The summed E-state index contributed by atoms with van der Waals surface area (Å²) in [5.74, 6) is 0. The summed E-state index contributed by atoms with van der Waals surface area (Å²) >= 11 is 0. The average molecular weight is 114 g/mol. The Morgan fingerprint density at radius 2 is 2.38 bits per heavy atom. The van der Waals surface area contributed by atoms with Gasteiger partial charge in [-0.15, -0.1) is 6.58 Å². The summed E-state index contributed by atoms with van der Waals surface area (Å²) in [6.45, 7) is 5.54. The molecule has 0 aromatic heterocycles. The lowest BCUT2D eigenvalue weighted by Gasteiger charge is -2.02. The van der Waals surface area contributed by atoms with E-state index >= 15 is 0 Å². The van der Waals surface area contributed by atoms with Crippen LogP contribution in [0.15, 0.2) is 12.7 Å². The Labute approximate surface area is 51.0 Å². The lowest BCUT2D eigenvalue weighted by molar-refractivity contribution is 0.161. The van der Waals surface area contributed by atoms with Gasteiger partial charge in [0.15, 0.2) is 0 Å². The maximum absolute atomic E-state index is 8.94. The summed E-state index contributed by atoms with van der Waals surface area (Å²) in [6.07, 6.45) is 4.36. The predicted molar refractivity (Wildman–Crippen MR) is 35.7 cm³/mol. The Balaban J connectivity index is 2.97. The fourth-order valence-electron chi connectivity index (χ4n) is 0.514. The largest absolute Gasteiger partial charge is 0.393 e. The molecular weight excluding hydrogens is 100 g/mol. The van der Waals surface area contributed by atoms with Gasteiger partial charge in [-0.3, -0.25) is 0 Å². The third kappa shape index (κ3) is 3.88. The second kappa shape index (κ2) is 4.85. The SMILES string of the molecule is C=CCC[C@H](O)CC. The van der Waals surface area contributed by atoms with Crippen LogP contribution in [0.3, 0.4) is 0 Å². The molecule has 0 rings (SSSR count). The van der Waals surface area contributed by atoms with Gasteiger partial charge < -0.3 is 5.11 Å². The fourth-order valence-corrected chi connectivity index (χ4v) is 0.514. The molecule has 0 aliphatic carbocycles. The van der Waals surface area contributed by atoms with Crippen LogP contribution in [0, 0.1) is 0 Å². The molecular formula is C7H14O. The number of hydrogen-bond acceptors (Lipinski definition) is 1. The zero-order valence-electron chi connectivity index (χ0n) is 5.43. The van der Waals surface area contributed by atoms with Gasteiger partial charge in [-0.2, -0.15) is 0 Å². The Morgan fingerprint density at radius 3 is 2.75 bits per heavy atom. The maximum atomic E-state index is 8.94. The van der Waals surface area contributed by atoms with E-state index in [0.29, 0.717) is 0 Å². The maximum Gasteiger partial charge on any atom is 0.0540 e. The van der Waals surface area contributed by atoms with Crippen LogP contribution in [-0.2, 0) is 0 Å². The van der Waals surface area contributed by atoms with E-state index in [1.54, 1.807) is 0 Å². The molecule has 0 aliphatic heterocycles. The summed E-state index contributed by atoms with van der Waals surface area (Å²) in [7, 11) is 0. The Morgan fingerprint density at radius 1 is 1.75 bits per heavy atom. The molecule has 0 unspecified atom stereocenters. The van der Waals surface area contributed by atoms with Gasteiger partial charge in [0.05, 0.1) is 6.10 Å². The van der Waals surface area contributed by atoms with Crippen molar-refractivity contribution in [3.05, 3.63) is 12.7 Å². The second-order valence-electron chi connectivity index (χ2n) is 1.93. The quantitative estimate of drug-likeness (QED) is 0.552. The van der Waals surface area contributed by atoms with Crippen molar-refractivity contribution in [1.82, 2.24) is 0 Å². The lowest BCUT2D eigenvalue weighted by atomic mass is 10.1. The highest BCUT2D eigenvalue weighted by molar-refractivity contribution is 4.68. The first kappa shape index (κ1) is 7.70. The molecule has 48 valence electrons. The first-order valence-electron chi connectivity index (χ1n) is 3.10. The van der Waals surface area contributed by atoms with E-state index in [2.05, 4.69) is 6.58 Å². The van der Waals surface area contributed by atoms with Gasteiger partial charge in [0.1, 0.15) is 0 Å². The van der Waals surface area contributed by atoms with Crippen LogP contribution in [0.25, 0.3) is 0 Å². The predicted octanol–water partition coefficient (Wildman–Crippen LogP) is 1.72. The zero-order chi connectivity index (χ0) is 6.41. The van der Waals surface area contributed by atoms with E-state index in [0.717, 1.165) is 19.3 Å². The molecule has 1 atom stereocenters. The molecule has 0 amide bonds. The molecule has 0 saturated heterocycles. The summed E-state index contributed by atoms with van der Waals surface area (Å²) in [5, 5.41) is 8.94. The Bertz CT molecular complexity index is 59.4. The van der Waals surface area contributed by atoms with Gasteiger partial charge >= 0.3 is 0 Å². The van der Waals surface area contributed by atoms with Crippen LogP contribution >= 0.6 is 0 Å². The van der Waals surface area contributed by atoms with E-state index in [9.17, 15) is 0 Å². The minimum absolute atomic E-state index is 0.118. The van der Waals surface area contributed by atoms with Crippen LogP contribution in [0.1, 0.15) is 26.2 Å². The first-order chi connectivity index (χ1) is 3.81. The van der Waals surface area contributed by atoms with Crippen molar-refractivity contribution in [1.29, 1.82) is 0 Å². The van der Waals surface area contributed by atoms with E-state index in [1.807, 2.05) is 13.0 Å². The second-order valence-corrected chi connectivity index (χ2v) is 1.93. The van der Waals surface area contributed by atoms with Gasteiger partial charge in [0, 0.05) is 0 Å². The summed E-state index contributed by atoms with van der Waals surface area (Å²) in [4.78, 5) is 0. The number of aliphatic hydroxyl groups is 1. The van der Waals surface area contributed by atoms with Gasteiger partial charge in [0.25, 0.3) is 0 Å². The molecule has 1 N–H and O–H groups in total. The third-order valence-electron chi connectivity index (χ3n) is 1.18. The smallest absolute Gasteiger partial charge is 0.0540 e. The highest BCUT2D eigenvalue weighted by Gasteiger charge is 1.95. The molecule has 0 fully saturated rings. The molecule has 0 aliphatic rings. The Hall–Kier alpha value is -0.300. The number of hydrogen-bond donors (Lipinski definition) is 1. The molecule has 0 spiro atoms. The van der Waals surface area contributed by atoms with Crippen LogP contribution in [0.2, 0.25) is 0 Å². The fraction of sp³-hybridized carbons (Fsp3) is 0.714. The van der Waals surface area contributed by atoms with Crippen molar-refractivity contribution in [3.8, 4) is 0 Å². The highest BCUT2D eigenvalue weighted by Crippen LogP contribution is 1.99. The molecule has 0 bridgehead atoms. The molecule has 1 heteroatoms. The average Bonchev–Trinajstić information content (AvgIpc) is 1.83. The van der Waals surface area contributed by atoms with Crippen LogP contribution in [-0.4, -0.2) is 11.2 Å².